The average molecular weight is 358 g/mol. The van der Waals surface area contributed by atoms with Gasteiger partial charge >= 0.3 is 12.0 Å². The van der Waals surface area contributed by atoms with Gasteiger partial charge in [0.15, 0.2) is 0 Å². The fourth-order valence-electron chi connectivity index (χ4n) is 2.57. The van der Waals surface area contributed by atoms with Gasteiger partial charge in [0.1, 0.15) is 0 Å². The van der Waals surface area contributed by atoms with Crippen molar-refractivity contribution in [2.24, 2.45) is 5.92 Å². The van der Waals surface area contributed by atoms with Crippen molar-refractivity contribution >= 4 is 17.7 Å². The molecule has 1 aromatic carbocycles. The standard InChI is InChI=1S/C19H26N4O3/c1-5-26-18(24)16-6-8-17(9-7-16)21-19(25)20-11-13(2)12-23-15(4)10-14(3)22-23/h6-10,13H,5,11-12H2,1-4H3,(H2,20,21,25). The number of benzene rings is 1. The minimum atomic E-state index is -0.374. The Balaban J connectivity index is 1.79. The third-order valence-electron chi connectivity index (χ3n) is 3.85. The fraction of sp³-hybridized carbons (Fsp3) is 0.421. The highest BCUT2D eigenvalue weighted by Crippen LogP contribution is 2.11. The zero-order valence-electron chi connectivity index (χ0n) is 15.7. The molecule has 0 aliphatic heterocycles. The summed E-state index contributed by atoms with van der Waals surface area (Å²) in [5.74, 6) is -0.133. The molecule has 2 amide bonds. The lowest BCUT2D eigenvalue weighted by Crippen LogP contribution is -2.33. The van der Waals surface area contributed by atoms with Crippen LogP contribution < -0.4 is 10.6 Å². The number of carbonyl (C=O) groups is 2. The van der Waals surface area contributed by atoms with Crippen LogP contribution in [0.2, 0.25) is 0 Å². The number of ether oxygens (including phenoxy) is 1. The van der Waals surface area contributed by atoms with Crippen molar-refractivity contribution in [2.45, 2.75) is 34.2 Å². The number of nitrogens with zero attached hydrogens (tertiary/aromatic N) is 2. The van der Waals surface area contributed by atoms with Gasteiger partial charge in [0.2, 0.25) is 0 Å². The van der Waals surface area contributed by atoms with Crippen molar-refractivity contribution in [3.05, 3.63) is 47.3 Å². The lowest BCUT2D eigenvalue weighted by Gasteiger charge is -2.14. The molecular weight excluding hydrogens is 332 g/mol. The quantitative estimate of drug-likeness (QED) is 0.745. The molecule has 0 bridgehead atoms. The van der Waals surface area contributed by atoms with Crippen molar-refractivity contribution in [3.8, 4) is 0 Å². The fourth-order valence-corrected chi connectivity index (χ4v) is 2.57. The largest absolute Gasteiger partial charge is 0.462 e. The number of rotatable bonds is 7. The number of hydrogen-bond donors (Lipinski definition) is 2. The van der Waals surface area contributed by atoms with Gasteiger partial charge in [0, 0.05) is 24.5 Å². The molecule has 1 unspecified atom stereocenters. The van der Waals surface area contributed by atoms with Crippen LogP contribution in [0.5, 0.6) is 0 Å². The lowest BCUT2D eigenvalue weighted by molar-refractivity contribution is 0.0526. The second-order valence-corrected chi connectivity index (χ2v) is 6.35. The number of nitrogens with one attached hydrogen (secondary N) is 2. The van der Waals surface area contributed by atoms with Gasteiger partial charge < -0.3 is 15.4 Å². The Morgan fingerprint density at radius 1 is 1.23 bits per heavy atom. The first kappa shape index (κ1) is 19.5. The second-order valence-electron chi connectivity index (χ2n) is 6.35. The van der Waals surface area contributed by atoms with E-state index in [-0.39, 0.29) is 17.9 Å². The third-order valence-corrected chi connectivity index (χ3v) is 3.85. The van der Waals surface area contributed by atoms with Crippen LogP contribution in [0.4, 0.5) is 10.5 Å². The Kier molecular flexibility index (Phi) is 6.77. The topological polar surface area (TPSA) is 85.2 Å². The van der Waals surface area contributed by atoms with Gasteiger partial charge in [-0.2, -0.15) is 5.10 Å². The van der Waals surface area contributed by atoms with Crippen LogP contribution in [0.1, 0.15) is 35.6 Å². The van der Waals surface area contributed by atoms with Crippen LogP contribution in [0, 0.1) is 19.8 Å². The minimum absolute atomic E-state index is 0.241. The van der Waals surface area contributed by atoms with Crippen LogP contribution in [0.15, 0.2) is 30.3 Å². The van der Waals surface area contributed by atoms with E-state index in [9.17, 15) is 9.59 Å². The summed E-state index contributed by atoms with van der Waals surface area (Å²) in [6.07, 6.45) is 0. The number of amides is 2. The van der Waals surface area contributed by atoms with Crippen LogP contribution >= 0.6 is 0 Å². The van der Waals surface area contributed by atoms with Crippen molar-refractivity contribution in [2.75, 3.05) is 18.5 Å². The molecule has 1 aromatic heterocycles. The molecule has 0 spiro atoms. The van der Waals surface area contributed by atoms with E-state index in [1.54, 1.807) is 31.2 Å². The van der Waals surface area contributed by atoms with E-state index < -0.39 is 0 Å². The molecule has 2 rings (SSSR count). The molecular formula is C19H26N4O3. The highest BCUT2D eigenvalue weighted by molar-refractivity contribution is 5.92. The minimum Gasteiger partial charge on any atom is -0.462 e. The summed E-state index contributed by atoms with van der Waals surface area (Å²) >= 11 is 0. The Labute approximate surface area is 153 Å². The summed E-state index contributed by atoms with van der Waals surface area (Å²) < 4.78 is 6.88. The van der Waals surface area contributed by atoms with Gasteiger partial charge in [-0.15, -0.1) is 0 Å². The Morgan fingerprint density at radius 2 is 1.92 bits per heavy atom. The number of urea groups is 1. The van der Waals surface area contributed by atoms with Crippen molar-refractivity contribution in [1.29, 1.82) is 0 Å². The van der Waals surface area contributed by atoms with Crippen LogP contribution in [0.25, 0.3) is 0 Å². The van der Waals surface area contributed by atoms with Gasteiger partial charge in [-0.25, -0.2) is 9.59 Å². The summed E-state index contributed by atoms with van der Waals surface area (Å²) in [5, 5.41) is 10.0. The maximum absolute atomic E-state index is 12.0. The van der Waals surface area contributed by atoms with Gasteiger partial charge in [-0.3, -0.25) is 4.68 Å². The van der Waals surface area contributed by atoms with Crippen LogP contribution in [0.3, 0.4) is 0 Å². The predicted molar refractivity (Wildman–Crippen MR) is 100 cm³/mol. The Bertz CT molecular complexity index is 753. The Morgan fingerprint density at radius 3 is 2.50 bits per heavy atom. The molecule has 0 saturated heterocycles. The first-order chi connectivity index (χ1) is 12.4. The number of esters is 1. The molecule has 1 atom stereocenters. The average Bonchev–Trinajstić information content (AvgIpc) is 2.91. The van der Waals surface area contributed by atoms with Crippen LogP contribution in [-0.2, 0) is 11.3 Å². The zero-order valence-corrected chi connectivity index (χ0v) is 15.7. The summed E-state index contributed by atoms with van der Waals surface area (Å²) in [6, 6.07) is 8.34. The van der Waals surface area contributed by atoms with E-state index in [4.69, 9.17) is 4.74 Å². The first-order valence-corrected chi connectivity index (χ1v) is 8.72. The third kappa shape index (κ3) is 5.61. The Hall–Kier alpha value is -2.83. The highest BCUT2D eigenvalue weighted by atomic mass is 16.5. The molecule has 140 valence electrons. The smallest absolute Gasteiger partial charge is 0.338 e. The molecule has 1 heterocycles. The van der Waals surface area contributed by atoms with Gasteiger partial charge in [-0.1, -0.05) is 6.92 Å². The molecule has 2 N–H and O–H groups in total. The predicted octanol–water partition coefficient (Wildman–Crippen LogP) is 3.13. The van der Waals surface area contributed by atoms with E-state index in [0.29, 0.717) is 24.4 Å². The first-order valence-electron chi connectivity index (χ1n) is 8.72. The highest BCUT2D eigenvalue weighted by Gasteiger charge is 2.10. The number of aryl methyl sites for hydroxylation is 2. The van der Waals surface area contributed by atoms with Crippen molar-refractivity contribution in [3.63, 3.8) is 0 Å². The van der Waals surface area contributed by atoms with E-state index in [2.05, 4.69) is 22.7 Å². The molecule has 0 saturated carbocycles. The lowest BCUT2D eigenvalue weighted by atomic mass is 10.2. The summed E-state index contributed by atoms with van der Waals surface area (Å²) in [7, 11) is 0. The molecule has 0 aliphatic carbocycles. The number of aromatic nitrogens is 2. The molecule has 0 fully saturated rings. The molecule has 0 aliphatic rings. The van der Waals surface area contributed by atoms with Crippen LogP contribution in [-0.4, -0.2) is 34.9 Å². The van der Waals surface area contributed by atoms with Gasteiger partial charge in [0.05, 0.1) is 17.9 Å². The molecule has 0 radical (unpaired) electrons. The molecule has 7 nitrogen and oxygen atoms in total. The monoisotopic (exact) mass is 358 g/mol. The van der Waals surface area contributed by atoms with E-state index in [1.165, 1.54) is 0 Å². The maximum Gasteiger partial charge on any atom is 0.338 e. The van der Waals surface area contributed by atoms with Gasteiger partial charge in [0.25, 0.3) is 0 Å². The summed E-state index contributed by atoms with van der Waals surface area (Å²) in [6.45, 7) is 9.41. The maximum atomic E-state index is 12.0. The normalized spacial score (nSPS) is 11.7. The number of anilines is 1. The summed E-state index contributed by atoms with van der Waals surface area (Å²) in [5.41, 5.74) is 3.17. The molecule has 26 heavy (non-hydrogen) atoms. The summed E-state index contributed by atoms with van der Waals surface area (Å²) in [4.78, 5) is 23.6. The second kappa shape index (κ2) is 9.03. The SMILES string of the molecule is CCOC(=O)c1ccc(NC(=O)NCC(C)Cn2nc(C)cc2C)cc1. The van der Waals surface area contributed by atoms with Gasteiger partial charge in [-0.05, 0) is 57.0 Å². The van der Waals surface area contributed by atoms with E-state index in [0.717, 1.165) is 17.9 Å². The number of hydrogen-bond acceptors (Lipinski definition) is 4. The zero-order chi connectivity index (χ0) is 19.1. The van der Waals surface area contributed by atoms with Crippen molar-refractivity contribution < 1.29 is 14.3 Å². The van der Waals surface area contributed by atoms with E-state index in [1.807, 2.05) is 24.6 Å². The molecule has 7 heteroatoms. The number of carbonyl (C=O) groups excluding carboxylic acids is 2. The van der Waals surface area contributed by atoms with E-state index >= 15 is 0 Å². The molecule has 2 aromatic rings. The van der Waals surface area contributed by atoms with Crippen molar-refractivity contribution in [1.82, 2.24) is 15.1 Å².